The first-order chi connectivity index (χ1) is 13.2. The Morgan fingerprint density at radius 2 is 2.04 bits per heavy atom. The average Bonchev–Trinajstić information content (AvgIpc) is 2.69. The summed E-state index contributed by atoms with van der Waals surface area (Å²) in [4.78, 5) is 38.2. The van der Waals surface area contributed by atoms with E-state index in [4.69, 9.17) is 0 Å². The van der Waals surface area contributed by atoms with Gasteiger partial charge in [-0.3, -0.25) is 9.59 Å². The van der Waals surface area contributed by atoms with Gasteiger partial charge < -0.3 is 15.2 Å². The minimum atomic E-state index is -0.216. The van der Waals surface area contributed by atoms with Crippen LogP contribution >= 0.6 is 0 Å². The predicted octanol–water partition coefficient (Wildman–Crippen LogP) is 1.65. The van der Waals surface area contributed by atoms with E-state index in [-0.39, 0.29) is 23.9 Å². The SMILES string of the molecule is O=C(Cc1cc2ccccc2[nH]c1=O)NC1CCCN(c2ncccn2)C1. The van der Waals surface area contributed by atoms with E-state index in [0.29, 0.717) is 18.1 Å². The molecule has 4 rings (SSSR count). The fourth-order valence-corrected chi connectivity index (χ4v) is 3.51. The van der Waals surface area contributed by atoms with E-state index in [1.165, 1.54) is 0 Å². The lowest BCUT2D eigenvalue weighted by Gasteiger charge is -2.33. The van der Waals surface area contributed by atoms with Gasteiger partial charge in [-0.15, -0.1) is 0 Å². The molecule has 1 amide bonds. The van der Waals surface area contributed by atoms with Gasteiger partial charge in [0.05, 0.1) is 6.42 Å². The number of nitrogens with zero attached hydrogens (tertiary/aromatic N) is 3. The number of nitrogens with one attached hydrogen (secondary N) is 2. The Morgan fingerprint density at radius 1 is 1.22 bits per heavy atom. The number of aromatic nitrogens is 3. The summed E-state index contributed by atoms with van der Waals surface area (Å²) >= 11 is 0. The summed E-state index contributed by atoms with van der Waals surface area (Å²) < 4.78 is 0. The van der Waals surface area contributed by atoms with Crippen molar-refractivity contribution < 1.29 is 4.79 Å². The lowest BCUT2D eigenvalue weighted by Crippen LogP contribution is -2.48. The topological polar surface area (TPSA) is 91.0 Å². The molecule has 3 heterocycles. The molecular formula is C20H21N5O2. The third-order valence-electron chi connectivity index (χ3n) is 4.80. The quantitative estimate of drug-likeness (QED) is 0.735. The summed E-state index contributed by atoms with van der Waals surface area (Å²) in [6, 6.07) is 11.2. The molecule has 7 nitrogen and oxygen atoms in total. The largest absolute Gasteiger partial charge is 0.351 e. The van der Waals surface area contributed by atoms with Crippen molar-refractivity contribution in [2.75, 3.05) is 18.0 Å². The Hall–Kier alpha value is -3.22. The molecule has 1 saturated heterocycles. The fourth-order valence-electron chi connectivity index (χ4n) is 3.51. The van der Waals surface area contributed by atoms with E-state index >= 15 is 0 Å². The van der Waals surface area contributed by atoms with Crippen LogP contribution in [0.2, 0.25) is 0 Å². The fraction of sp³-hybridized carbons (Fsp3) is 0.300. The number of benzene rings is 1. The first-order valence-corrected chi connectivity index (χ1v) is 9.11. The van der Waals surface area contributed by atoms with Crippen LogP contribution in [-0.2, 0) is 11.2 Å². The van der Waals surface area contributed by atoms with Crippen molar-refractivity contribution in [2.45, 2.75) is 25.3 Å². The second kappa shape index (κ2) is 7.57. The van der Waals surface area contributed by atoms with Crippen molar-refractivity contribution in [3.05, 3.63) is 64.7 Å². The molecule has 1 aliphatic heterocycles. The summed E-state index contributed by atoms with van der Waals surface area (Å²) in [6.45, 7) is 1.55. The number of carbonyl (C=O) groups excluding carboxylic acids is 1. The molecule has 1 atom stereocenters. The Balaban J connectivity index is 1.42. The van der Waals surface area contributed by atoms with E-state index in [0.717, 1.165) is 30.3 Å². The van der Waals surface area contributed by atoms with Crippen LogP contribution in [0.1, 0.15) is 18.4 Å². The summed E-state index contributed by atoms with van der Waals surface area (Å²) in [5, 5.41) is 3.97. The molecule has 0 aliphatic carbocycles. The smallest absolute Gasteiger partial charge is 0.252 e. The number of amides is 1. The van der Waals surface area contributed by atoms with Crippen molar-refractivity contribution in [3.8, 4) is 0 Å². The number of aromatic amines is 1. The molecule has 27 heavy (non-hydrogen) atoms. The van der Waals surface area contributed by atoms with Gasteiger partial charge in [0.2, 0.25) is 11.9 Å². The Labute approximate surface area is 156 Å². The highest BCUT2D eigenvalue weighted by Gasteiger charge is 2.23. The summed E-state index contributed by atoms with van der Waals surface area (Å²) in [5.41, 5.74) is 1.04. The van der Waals surface area contributed by atoms with E-state index in [9.17, 15) is 9.59 Å². The standard InChI is InChI=1S/C20H21N5O2/c26-18(12-15-11-14-5-1-2-7-17(14)24-19(15)27)23-16-6-3-10-25(13-16)20-21-8-4-9-22-20/h1-2,4-5,7-9,11,16H,3,6,10,12-13H2,(H,23,26)(H,24,27). The van der Waals surface area contributed by atoms with Crippen molar-refractivity contribution in [2.24, 2.45) is 0 Å². The number of hydrogen-bond donors (Lipinski definition) is 2. The molecule has 138 valence electrons. The van der Waals surface area contributed by atoms with Gasteiger partial charge in [-0.1, -0.05) is 18.2 Å². The third-order valence-corrected chi connectivity index (χ3v) is 4.80. The molecule has 1 unspecified atom stereocenters. The number of fused-ring (bicyclic) bond motifs is 1. The average molecular weight is 363 g/mol. The zero-order valence-corrected chi connectivity index (χ0v) is 14.9. The van der Waals surface area contributed by atoms with Crippen molar-refractivity contribution in [3.63, 3.8) is 0 Å². The maximum atomic E-state index is 12.5. The van der Waals surface area contributed by atoms with Crippen LogP contribution in [-0.4, -0.2) is 40.0 Å². The summed E-state index contributed by atoms with van der Waals surface area (Å²) in [5.74, 6) is 0.541. The molecule has 1 fully saturated rings. The minimum Gasteiger partial charge on any atom is -0.351 e. The van der Waals surface area contributed by atoms with E-state index in [1.807, 2.05) is 24.3 Å². The number of hydrogen-bond acceptors (Lipinski definition) is 5. The molecule has 0 saturated carbocycles. The number of H-pyrrole nitrogens is 1. The minimum absolute atomic E-state index is 0.0228. The van der Waals surface area contributed by atoms with Crippen LogP contribution in [0.25, 0.3) is 10.9 Å². The number of pyridine rings is 1. The predicted molar refractivity (Wildman–Crippen MR) is 104 cm³/mol. The maximum absolute atomic E-state index is 12.5. The molecule has 7 heteroatoms. The molecule has 3 aromatic rings. The van der Waals surface area contributed by atoms with Gasteiger partial charge >= 0.3 is 0 Å². The third kappa shape index (κ3) is 3.97. The van der Waals surface area contributed by atoms with Crippen molar-refractivity contribution in [1.82, 2.24) is 20.3 Å². The van der Waals surface area contributed by atoms with Gasteiger partial charge in [0.25, 0.3) is 5.56 Å². The van der Waals surface area contributed by atoms with Crippen LogP contribution in [0.3, 0.4) is 0 Å². The van der Waals surface area contributed by atoms with Crippen LogP contribution in [0.15, 0.2) is 53.6 Å². The van der Waals surface area contributed by atoms with E-state index in [2.05, 4.69) is 25.2 Å². The Bertz CT molecular complexity index is 1000. The molecule has 2 N–H and O–H groups in total. The van der Waals surface area contributed by atoms with E-state index in [1.54, 1.807) is 24.5 Å². The van der Waals surface area contributed by atoms with Crippen LogP contribution in [0.4, 0.5) is 5.95 Å². The van der Waals surface area contributed by atoms with Crippen molar-refractivity contribution >= 4 is 22.8 Å². The highest BCUT2D eigenvalue weighted by atomic mass is 16.2. The molecule has 0 spiro atoms. The number of rotatable bonds is 4. The Morgan fingerprint density at radius 3 is 2.89 bits per heavy atom. The molecule has 1 aromatic carbocycles. The summed E-state index contributed by atoms with van der Waals surface area (Å²) in [6.07, 6.45) is 5.37. The highest BCUT2D eigenvalue weighted by molar-refractivity contribution is 5.82. The maximum Gasteiger partial charge on any atom is 0.252 e. The number of carbonyl (C=O) groups is 1. The van der Waals surface area contributed by atoms with Gasteiger partial charge in [0.15, 0.2) is 0 Å². The van der Waals surface area contributed by atoms with Gasteiger partial charge in [0, 0.05) is 42.6 Å². The normalized spacial score (nSPS) is 17.0. The second-order valence-electron chi connectivity index (χ2n) is 6.79. The lowest BCUT2D eigenvalue weighted by atomic mass is 10.0. The molecular weight excluding hydrogens is 342 g/mol. The van der Waals surface area contributed by atoms with Crippen LogP contribution in [0.5, 0.6) is 0 Å². The van der Waals surface area contributed by atoms with Gasteiger partial charge in [-0.25, -0.2) is 9.97 Å². The first kappa shape index (κ1) is 17.2. The lowest BCUT2D eigenvalue weighted by molar-refractivity contribution is -0.121. The second-order valence-corrected chi connectivity index (χ2v) is 6.79. The number of anilines is 1. The van der Waals surface area contributed by atoms with Gasteiger partial charge in [-0.05, 0) is 36.4 Å². The monoisotopic (exact) mass is 363 g/mol. The number of piperidine rings is 1. The van der Waals surface area contributed by atoms with E-state index < -0.39 is 0 Å². The van der Waals surface area contributed by atoms with Crippen molar-refractivity contribution in [1.29, 1.82) is 0 Å². The summed E-state index contributed by atoms with van der Waals surface area (Å²) in [7, 11) is 0. The highest BCUT2D eigenvalue weighted by Crippen LogP contribution is 2.15. The zero-order chi connectivity index (χ0) is 18.6. The molecule has 1 aliphatic rings. The van der Waals surface area contributed by atoms with Gasteiger partial charge in [0.1, 0.15) is 0 Å². The van der Waals surface area contributed by atoms with Crippen LogP contribution in [0, 0.1) is 0 Å². The van der Waals surface area contributed by atoms with Crippen LogP contribution < -0.4 is 15.8 Å². The number of para-hydroxylation sites is 1. The molecule has 0 bridgehead atoms. The molecule has 2 aromatic heterocycles. The Kier molecular flexibility index (Phi) is 4.82. The first-order valence-electron chi connectivity index (χ1n) is 9.11. The van der Waals surface area contributed by atoms with Gasteiger partial charge in [-0.2, -0.15) is 0 Å². The zero-order valence-electron chi connectivity index (χ0n) is 14.9. The molecule has 0 radical (unpaired) electrons.